The van der Waals surface area contributed by atoms with Crippen LogP contribution in [-0.2, 0) is 17.8 Å². The molecule has 0 fully saturated rings. The van der Waals surface area contributed by atoms with Crippen LogP contribution in [0.25, 0.3) is 20.7 Å². The highest BCUT2D eigenvalue weighted by molar-refractivity contribution is 7.21. The Morgan fingerprint density at radius 1 is 1.04 bits per heavy atom. The summed E-state index contributed by atoms with van der Waals surface area (Å²) in [5.74, 6) is 0.432. The zero-order chi connectivity index (χ0) is 19.1. The molecule has 2 N–H and O–H groups in total. The highest BCUT2D eigenvalue weighted by Gasteiger charge is 2.32. The number of hydrogen-bond donors (Lipinski definition) is 1. The zero-order valence-corrected chi connectivity index (χ0v) is 15.9. The molecule has 6 heteroatoms. The number of anilines is 1. The summed E-state index contributed by atoms with van der Waals surface area (Å²) in [4.78, 5) is 25.3. The van der Waals surface area contributed by atoms with Gasteiger partial charge in [-0.15, -0.1) is 11.3 Å². The van der Waals surface area contributed by atoms with Crippen LogP contribution in [0.15, 0.2) is 67.0 Å². The number of carbonyl (C=O) groups is 1. The van der Waals surface area contributed by atoms with Crippen molar-refractivity contribution in [3.8, 4) is 10.4 Å². The van der Waals surface area contributed by atoms with Crippen LogP contribution in [0.3, 0.4) is 0 Å². The number of nitrogens with two attached hydrogens (primary N) is 1. The molecule has 2 aromatic heterocycles. The fourth-order valence-electron chi connectivity index (χ4n) is 3.82. The van der Waals surface area contributed by atoms with Crippen LogP contribution in [0, 0.1) is 0 Å². The number of aromatic nitrogens is 2. The third-order valence-corrected chi connectivity index (χ3v) is 6.31. The number of thiophene rings is 1. The van der Waals surface area contributed by atoms with Crippen molar-refractivity contribution in [2.24, 2.45) is 5.73 Å². The fraction of sp³-hybridized carbons (Fsp3) is 0.136. The number of carbonyl (C=O) groups excluding carboxylic acids is 1. The van der Waals surface area contributed by atoms with E-state index in [2.05, 4.69) is 40.3 Å². The van der Waals surface area contributed by atoms with Crippen molar-refractivity contribution in [1.82, 2.24) is 9.97 Å². The molecule has 5 nitrogen and oxygen atoms in total. The highest BCUT2D eigenvalue weighted by atomic mass is 32.1. The molecular formula is C22H18N4OS. The topological polar surface area (TPSA) is 72.1 Å². The molecule has 2 aromatic carbocycles. The summed E-state index contributed by atoms with van der Waals surface area (Å²) >= 11 is 1.63. The number of hydrogen-bond acceptors (Lipinski definition) is 5. The van der Waals surface area contributed by atoms with Crippen molar-refractivity contribution in [3.05, 3.63) is 78.1 Å². The van der Waals surface area contributed by atoms with Gasteiger partial charge in [0.15, 0.2) is 0 Å². The van der Waals surface area contributed by atoms with Crippen molar-refractivity contribution in [2.75, 3.05) is 4.90 Å². The molecular weight excluding hydrogens is 368 g/mol. The Bertz CT molecular complexity index is 1170. The van der Waals surface area contributed by atoms with Gasteiger partial charge >= 0.3 is 0 Å². The van der Waals surface area contributed by atoms with Crippen LogP contribution in [0.4, 0.5) is 5.82 Å². The van der Waals surface area contributed by atoms with Gasteiger partial charge in [0.2, 0.25) is 5.91 Å². The SMILES string of the molecule is NC(=O)[C@@H]1Cc2ccccc2CN1c1ncnc2sc(-c3ccccc3)cc12. The second kappa shape index (κ2) is 6.73. The summed E-state index contributed by atoms with van der Waals surface area (Å²) in [5, 5.41) is 0.956. The van der Waals surface area contributed by atoms with E-state index < -0.39 is 6.04 Å². The summed E-state index contributed by atoms with van der Waals surface area (Å²) in [6.45, 7) is 0.604. The maximum absolute atomic E-state index is 12.3. The van der Waals surface area contributed by atoms with Gasteiger partial charge in [0.05, 0.1) is 5.39 Å². The number of fused-ring (bicyclic) bond motifs is 2. The first-order valence-electron chi connectivity index (χ1n) is 9.13. The molecule has 0 aliphatic carbocycles. The Labute approximate surface area is 166 Å². The lowest BCUT2D eigenvalue weighted by atomic mass is 9.93. The average molecular weight is 386 g/mol. The minimum absolute atomic E-state index is 0.334. The van der Waals surface area contributed by atoms with Gasteiger partial charge in [-0.3, -0.25) is 4.79 Å². The summed E-state index contributed by atoms with van der Waals surface area (Å²) in [6.07, 6.45) is 2.16. The molecule has 0 saturated heterocycles. The third-order valence-electron chi connectivity index (χ3n) is 5.22. The molecule has 1 aliphatic heterocycles. The third kappa shape index (κ3) is 2.82. The zero-order valence-electron chi connectivity index (χ0n) is 15.1. The largest absolute Gasteiger partial charge is 0.368 e. The summed E-state index contributed by atoms with van der Waals surface area (Å²) in [6, 6.07) is 20.1. The molecule has 1 atom stereocenters. The monoisotopic (exact) mass is 386 g/mol. The molecule has 1 amide bonds. The van der Waals surface area contributed by atoms with E-state index in [-0.39, 0.29) is 5.91 Å². The van der Waals surface area contributed by atoms with Crippen LogP contribution >= 0.6 is 11.3 Å². The van der Waals surface area contributed by atoms with E-state index >= 15 is 0 Å². The predicted molar refractivity (Wildman–Crippen MR) is 112 cm³/mol. The lowest BCUT2D eigenvalue weighted by molar-refractivity contribution is -0.119. The van der Waals surface area contributed by atoms with E-state index in [0.717, 1.165) is 26.5 Å². The molecule has 4 aromatic rings. The Morgan fingerprint density at radius 2 is 1.79 bits per heavy atom. The number of rotatable bonds is 3. The fourth-order valence-corrected chi connectivity index (χ4v) is 4.82. The van der Waals surface area contributed by atoms with E-state index in [9.17, 15) is 4.79 Å². The number of amides is 1. The Kier molecular flexibility index (Phi) is 4.06. The second-order valence-electron chi connectivity index (χ2n) is 6.91. The smallest absolute Gasteiger partial charge is 0.240 e. The van der Waals surface area contributed by atoms with Gasteiger partial charge in [-0.1, -0.05) is 54.6 Å². The number of benzene rings is 2. The van der Waals surface area contributed by atoms with Gasteiger partial charge in [0.1, 0.15) is 23.0 Å². The minimum Gasteiger partial charge on any atom is -0.368 e. The van der Waals surface area contributed by atoms with Gasteiger partial charge in [-0.2, -0.15) is 0 Å². The van der Waals surface area contributed by atoms with Crippen molar-refractivity contribution >= 4 is 33.3 Å². The van der Waals surface area contributed by atoms with Crippen molar-refractivity contribution in [3.63, 3.8) is 0 Å². The maximum Gasteiger partial charge on any atom is 0.240 e. The average Bonchev–Trinajstić information content (AvgIpc) is 3.18. The molecule has 0 radical (unpaired) electrons. The first-order chi connectivity index (χ1) is 13.7. The van der Waals surface area contributed by atoms with E-state index in [1.165, 1.54) is 11.1 Å². The van der Waals surface area contributed by atoms with Gasteiger partial charge in [0.25, 0.3) is 0 Å². The highest BCUT2D eigenvalue weighted by Crippen LogP contribution is 2.38. The first-order valence-corrected chi connectivity index (χ1v) is 9.95. The Morgan fingerprint density at radius 3 is 2.57 bits per heavy atom. The van der Waals surface area contributed by atoms with E-state index in [1.54, 1.807) is 17.7 Å². The Hall–Kier alpha value is -3.25. The number of primary amides is 1. The lowest BCUT2D eigenvalue weighted by Gasteiger charge is -2.36. The molecule has 3 heterocycles. The minimum atomic E-state index is -0.423. The van der Waals surface area contributed by atoms with Crippen LogP contribution in [-0.4, -0.2) is 21.9 Å². The molecule has 1 aliphatic rings. The van der Waals surface area contributed by atoms with Gasteiger partial charge in [-0.05, 0) is 22.8 Å². The molecule has 0 bridgehead atoms. The maximum atomic E-state index is 12.3. The quantitative estimate of drug-likeness (QED) is 0.582. The van der Waals surface area contributed by atoms with E-state index in [0.29, 0.717) is 13.0 Å². The molecule has 0 saturated carbocycles. The lowest BCUT2D eigenvalue weighted by Crippen LogP contribution is -2.49. The Balaban J connectivity index is 1.63. The second-order valence-corrected chi connectivity index (χ2v) is 7.94. The molecule has 138 valence electrons. The molecule has 28 heavy (non-hydrogen) atoms. The summed E-state index contributed by atoms with van der Waals surface area (Å²) in [5.41, 5.74) is 9.29. The van der Waals surface area contributed by atoms with Gasteiger partial charge < -0.3 is 10.6 Å². The van der Waals surface area contributed by atoms with Crippen molar-refractivity contribution in [2.45, 2.75) is 19.0 Å². The standard InChI is InChI=1S/C22H18N4OS/c23-20(27)18-10-15-8-4-5-9-16(15)12-26(18)21-17-11-19(14-6-2-1-3-7-14)28-22(17)25-13-24-21/h1-9,11,13,18H,10,12H2,(H2,23,27)/t18-/m0/s1. The van der Waals surface area contributed by atoms with E-state index in [1.807, 2.05) is 35.2 Å². The van der Waals surface area contributed by atoms with Crippen LogP contribution in [0.1, 0.15) is 11.1 Å². The molecule has 5 rings (SSSR count). The number of nitrogens with zero attached hydrogens (tertiary/aromatic N) is 3. The van der Waals surface area contributed by atoms with Crippen LogP contribution < -0.4 is 10.6 Å². The van der Waals surface area contributed by atoms with Crippen LogP contribution in [0.2, 0.25) is 0 Å². The molecule has 0 spiro atoms. The van der Waals surface area contributed by atoms with Gasteiger partial charge in [0, 0.05) is 17.8 Å². The van der Waals surface area contributed by atoms with E-state index in [4.69, 9.17) is 5.73 Å². The predicted octanol–water partition coefficient (Wildman–Crippen LogP) is 3.77. The van der Waals surface area contributed by atoms with Gasteiger partial charge in [-0.25, -0.2) is 9.97 Å². The van der Waals surface area contributed by atoms with Crippen LogP contribution in [0.5, 0.6) is 0 Å². The normalized spacial score (nSPS) is 16.1. The van der Waals surface area contributed by atoms with Crippen molar-refractivity contribution < 1.29 is 4.79 Å². The first kappa shape index (κ1) is 16.9. The summed E-state index contributed by atoms with van der Waals surface area (Å²) < 4.78 is 0. The van der Waals surface area contributed by atoms with Crippen molar-refractivity contribution in [1.29, 1.82) is 0 Å². The summed E-state index contributed by atoms with van der Waals surface area (Å²) in [7, 11) is 0. The molecule has 0 unspecified atom stereocenters.